The summed E-state index contributed by atoms with van der Waals surface area (Å²) in [7, 11) is 1.66. The van der Waals surface area contributed by atoms with Gasteiger partial charge in [-0.3, -0.25) is 9.59 Å². The van der Waals surface area contributed by atoms with Gasteiger partial charge in [-0.2, -0.15) is 0 Å². The van der Waals surface area contributed by atoms with E-state index in [9.17, 15) is 9.59 Å². The molecule has 0 heterocycles. The highest BCUT2D eigenvalue weighted by Crippen LogP contribution is 2.59. The van der Waals surface area contributed by atoms with Crippen LogP contribution in [0.1, 0.15) is 74.5 Å². The number of carbonyl (C=O) groups excluding carboxylic acids is 2. The van der Waals surface area contributed by atoms with E-state index >= 15 is 0 Å². The molecule has 3 aromatic rings. The van der Waals surface area contributed by atoms with Gasteiger partial charge in [0.25, 0.3) is 0 Å². The van der Waals surface area contributed by atoms with Crippen LogP contribution in [0.5, 0.6) is 11.5 Å². The standard InChI is InChI=1S/C32H34O4/c1-19(20-4-5-22-17-24(35-3)8-6-21(22)16-20)31(34)36-25-9-11-26-23(18-25)7-10-28-27(26)14-15-32(2)29(28)12-13-30(32)33/h4-6,8-9,11,16-19,27-29H,7,10,12-15H2,1-3H3/t19-,27+,28+,29-,32-/m0/s1. The molecule has 4 nitrogen and oxygen atoms in total. The summed E-state index contributed by atoms with van der Waals surface area (Å²) in [5.74, 6) is 2.98. The van der Waals surface area contributed by atoms with Crippen molar-refractivity contribution in [3.05, 3.63) is 71.3 Å². The number of carbonyl (C=O) groups is 2. The Kier molecular flexibility index (Phi) is 5.66. The van der Waals surface area contributed by atoms with E-state index in [0.717, 1.165) is 60.6 Å². The number of Topliss-reactive ketones (excluding diaryl/α,β-unsaturated/α-hetero) is 1. The first-order valence-electron chi connectivity index (χ1n) is 13.3. The van der Waals surface area contributed by atoms with Gasteiger partial charge in [0.15, 0.2) is 0 Å². The summed E-state index contributed by atoms with van der Waals surface area (Å²) < 4.78 is 11.2. The van der Waals surface area contributed by atoms with Crippen molar-refractivity contribution in [2.24, 2.45) is 17.3 Å². The SMILES string of the molecule is COc1ccc2cc([C@H](C)C(=O)Oc3ccc4c(c3)CC[C@@H]3[C@@H]4CC[C@]4(C)C(=O)CC[C@@H]34)ccc2c1. The van der Waals surface area contributed by atoms with E-state index in [1.54, 1.807) is 7.11 Å². The minimum atomic E-state index is -0.368. The fourth-order valence-electron chi connectivity index (χ4n) is 7.37. The van der Waals surface area contributed by atoms with Crippen LogP contribution in [0.25, 0.3) is 10.8 Å². The third-order valence-electron chi connectivity index (χ3n) is 9.55. The lowest BCUT2D eigenvalue weighted by Crippen LogP contribution is -2.42. The van der Waals surface area contributed by atoms with Crippen LogP contribution >= 0.6 is 0 Å². The lowest BCUT2D eigenvalue weighted by atomic mass is 9.55. The average molecular weight is 483 g/mol. The highest BCUT2D eigenvalue weighted by molar-refractivity contribution is 5.88. The summed E-state index contributed by atoms with van der Waals surface area (Å²) in [5, 5.41) is 2.15. The van der Waals surface area contributed by atoms with Crippen molar-refractivity contribution in [1.29, 1.82) is 0 Å². The van der Waals surface area contributed by atoms with Crippen LogP contribution < -0.4 is 9.47 Å². The van der Waals surface area contributed by atoms with E-state index < -0.39 is 0 Å². The molecule has 4 heteroatoms. The number of esters is 1. The van der Waals surface area contributed by atoms with E-state index in [1.807, 2.05) is 43.3 Å². The summed E-state index contributed by atoms with van der Waals surface area (Å²) in [6.07, 6.45) is 6.02. The van der Waals surface area contributed by atoms with Gasteiger partial charge in [0.05, 0.1) is 13.0 Å². The number of methoxy groups -OCH3 is 1. The van der Waals surface area contributed by atoms with Crippen molar-refractivity contribution in [3.8, 4) is 11.5 Å². The maximum atomic E-state index is 13.1. The summed E-state index contributed by atoms with van der Waals surface area (Å²) in [4.78, 5) is 25.7. The van der Waals surface area contributed by atoms with Gasteiger partial charge in [-0.15, -0.1) is 0 Å². The van der Waals surface area contributed by atoms with Crippen LogP contribution in [0.15, 0.2) is 54.6 Å². The average Bonchev–Trinajstić information content (AvgIpc) is 3.21. The molecule has 5 atom stereocenters. The Labute approximate surface area is 213 Å². The molecule has 0 N–H and O–H groups in total. The molecular weight excluding hydrogens is 448 g/mol. The van der Waals surface area contributed by atoms with Crippen LogP contribution in [0.2, 0.25) is 0 Å². The third-order valence-corrected chi connectivity index (χ3v) is 9.55. The minimum absolute atomic E-state index is 0.0981. The molecule has 0 aliphatic heterocycles. The number of ether oxygens (including phenoxy) is 2. The second-order valence-electron chi connectivity index (χ2n) is 11.3. The predicted octanol–water partition coefficient (Wildman–Crippen LogP) is 6.98. The fraction of sp³-hybridized carbons (Fsp3) is 0.438. The highest BCUT2D eigenvalue weighted by Gasteiger charge is 2.54. The van der Waals surface area contributed by atoms with Gasteiger partial charge in [0.2, 0.25) is 0 Å². The van der Waals surface area contributed by atoms with Crippen molar-refractivity contribution in [2.75, 3.05) is 7.11 Å². The van der Waals surface area contributed by atoms with E-state index in [-0.39, 0.29) is 17.3 Å². The molecule has 3 aliphatic rings. The van der Waals surface area contributed by atoms with E-state index in [1.165, 1.54) is 11.1 Å². The van der Waals surface area contributed by atoms with Gasteiger partial charge >= 0.3 is 5.97 Å². The Bertz CT molecular complexity index is 1360. The quantitative estimate of drug-likeness (QED) is 0.297. The van der Waals surface area contributed by atoms with E-state index in [4.69, 9.17) is 9.47 Å². The summed E-state index contributed by atoms with van der Waals surface area (Å²) in [6.45, 7) is 4.12. The summed E-state index contributed by atoms with van der Waals surface area (Å²) >= 11 is 0. The maximum Gasteiger partial charge on any atom is 0.318 e. The van der Waals surface area contributed by atoms with Crippen molar-refractivity contribution < 1.29 is 19.1 Å². The maximum absolute atomic E-state index is 13.1. The smallest absolute Gasteiger partial charge is 0.318 e. The van der Waals surface area contributed by atoms with Gasteiger partial charge in [-0.1, -0.05) is 37.3 Å². The van der Waals surface area contributed by atoms with Gasteiger partial charge in [0.1, 0.15) is 17.3 Å². The number of fused-ring (bicyclic) bond motifs is 6. The van der Waals surface area contributed by atoms with Gasteiger partial charge in [-0.25, -0.2) is 0 Å². The lowest BCUT2D eigenvalue weighted by Gasteiger charge is -2.48. The number of hydrogen-bond donors (Lipinski definition) is 0. The molecule has 0 radical (unpaired) electrons. The molecule has 3 aromatic carbocycles. The molecular formula is C32H34O4. The van der Waals surface area contributed by atoms with Crippen LogP contribution in [-0.2, 0) is 16.0 Å². The van der Waals surface area contributed by atoms with E-state index in [0.29, 0.717) is 29.3 Å². The van der Waals surface area contributed by atoms with Crippen molar-refractivity contribution in [3.63, 3.8) is 0 Å². The molecule has 2 fully saturated rings. The van der Waals surface area contributed by atoms with Gasteiger partial charge in [0, 0.05) is 11.8 Å². The van der Waals surface area contributed by atoms with Crippen LogP contribution in [0.3, 0.4) is 0 Å². The number of rotatable bonds is 4. The number of hydrogen-bond acceptors (Lipinski definition) is 4. The molecule has 6 rings (SSSR count). The molecule has 186 valence electrons. The zero-order valence-corrected chi connectivity index (χ0v) is 21.4. The van der Waals surface area contributed by atoms with Gasteiger partial charge < -0.3 is 9.47 Å². The molecule has 0 bridgehead atoms. The van der Waals surface area contributed by atoms with Gasteiger partial charge in [-0.05, 0) is 109 Å². The lowest BCUT2D eigenvalue weighted by molar-refractivity contribution is -0.135. The molecule has 0 unspecified atom stereocenters. The first-order chi connectivity index (χ1) is 17.4. The van der Waals surface area contributed by atoms with Crippen molar-refractivity contribution in [1.82, 2.24) is 0 Å². The molecule has 0 saturated heterocycles. The van der Waals surface area contributed by atoms with E-state index in [2.05, 4.69) is 25.1 Å². The minimum Gasteiger partial charge on any atom is -0.497 e. The Morgan fingerprint density at radius 1 is 0.944 bits per heavy atom. The largest absolute Gasteiger partial charge is 0.497 e. The Morgan fingerprint density at radius 2 is 1.72 bits per heavy atom. The first kappa shape index (κ1) is 23.3. The van der Waals surface area contributed by atoms with Crippen molar-refractivity contribution in [2.45, 2.75) is 64.2 Å². The third kappa shape index (κ3) is 3.73. The second kappa shape index (κ2) is 8.76. The van der Waals surface area contributed by atoms with Crippen LogP contribution in [0, 0.1) is 17.3 Å². The number of benzene rings is 3. The Balaban J connectivity index is 1.18. The van der Waals surface area contributed by atoms with Crippen LogP contribution in [-0.4, -0.2) is 18.9 Å². The Hall–Kier alpha value is -3.14. The summed E-state index contributed by atoms with van der Waals surface area (Å²) in [5.41, 5.74) is 3.56. The first-order valence-corrected chi connectivity index (χ1v) is 13.3. The molecule has 0 amide bonds. The normalized spacial score (nSPS) is 27.6. The molecule has 36 heavy (non-hydrogen) atoms. The number of aryl methyl sites for hydroxylation is 1. The molecule has 0 aromatic heterocycles. The second-order valence-corrected chi connectivity index (χ2v) is 11.3. The summed E-state index contributed by atoms with van der Waals surface area (Å²) in [6, 6.07) is 18.2. The fourth-order valence-corrected chi connectivity index (χ4v) is 7.37. The predicted molar refractivity (Wildman–Crippen MR) is 141 cm³/mol. The topological polar surface area (TPSA) is 52.6 Å². The Morgan fingerprint density at radius 3 is 2.56 bits per heavy atom. The molecule has 0 spiro atoms. The van der Waals surface area contributed by atoms with Crippen molar-refractivity contribution >= 4 is 22.5 Å². The molecule has 3 aliphatic carbocycles. The monoisotopic (exact) mass is 482 g/mol. The number of ketones is 1. The highest BCUT2D eigenvalue weighted by atomic mass is 16.5. The van der Waals surface area contributed by atoms with Crippen LogP contribution in [0.4, 0.5) is 0 Å². The zero-order valence-electron chi connectivity index (χ0n) is 21.4. The zero-order chi connectivity index (χ0) is 25.0. The molecule has 2 saturated carbocycles.